The number of benzene rings is 2. The van der Waals surface area contributed by atoms with Crippen LogP contribution in [0.3, 0.4) is 0 Å². The fourth-order valence-corrected chi connectivity index (χ4v) is 5.01. The summed E-state index contributed by atoms with van der Waals surface area (Å²) in [6.07, 6.45) is 1.36. The summed E-state index contributed by atoms with van der Waals surface area (Å²) in [5.74, 6) is -0.557. The first-order valence-corrected chi connectivity index (χ1v) is 14.6. The molecule has 0 aromatic heterocycles. The van der Waals surface area contributed by atoms with Crippen molar-refractivity contribution in [3.63, 3.8) is 0 Å². The normalized spacial score (nSPS) is 18.2. The molecule has 10 nitrogen and oxygen atoms in total. The fraction of sp³-hybridized carbons (Fsp3) is 0.500. The number of carbonyl (C=O) groups excluding carboxylic acids is 4. The number of anilines is 2. The van der Waals surface area contributed by atoms with E-state index in [-0.39, 0.29) is 23.4 Å². The molecular weight excluding hydrogens is 536 g/mol. The second kappa shape index (κ2) is 15.7. The van der Waals surface area contributed by atoms with E-state index in [1.54, 1.807) is 48.5 Å². The van der Waals surface area contributed by atoms with Crippen LogP contribution in [0.1, 0.15) is 60.2 Å². The van der Waals surface area contributed by atoms with Crippen molar-refractivity contribution in [1.29, 1.82) is 0 Å². The molecule has 2 aliphatic rings. The minimum Gasteiger partial charge on any atom is -0.384 e. The zero-order valence-electron chi connectivity index (χ0n) is 25.0. The summed E-state index contributed by atoms with van der Waals surface area (Å²) < 4.78 is 0. The lowest BCUT2D eigenvalue weighted by Crippen LogP contribution is -2.33. The van der Waals surface area contributed by atoms with Gasteiger partial charge in [-0.2, -0.15) is 0 Å². The number of carbonyl (C=O) groups is 4. The molecule has 0 radical (unpaired) electrons. The Morgan fingerprint density at radius 2 is 1.00 bits per heavy atom. The van der Waals surface area contributed by atoms with Crippen LogP contribution in [0.2, 0.25) is 0 Å². The molecule has 4 rings (SSSR count). The van der Waals surface area contributed by atoms with Gasteiger partial charge in [0.15, 0.2) is 11.6 Å². The molecule has 0 saturated carbocycles. The van der Waals surface area contributed by atoms with Gasteiger partial charge in [-0.15, -0.1) is 0 Å². The van der Waals surface area contributed by atoms with Gasteiger partial charge in [0.25, 0.3) is 11.8 Å². The van der Waals surface area contributed by atoms with Gasteiger partial charge < -0.3 is 30.6 Å². The molecular formula is C32H44N4O6. The lowest BCUT2D eigenvalue weighted by atomic mass is 9.89. The standard InChI is InChI=1S/2C16H22N2O3/c2*1-11(19)16(21)17-14-5-3-4-13(10-14)15(20)12-6-8-18(2)9-7-12/h2*3-5,10-12,19H,6-9H2,1-2H3,(H,17,21)/t2*11-/m10/s1. The van der Waals surface area contributed by atoms with E-state index in [1.807, 2.05) is 0 Å². The predicted molar refractivity (Wildman–Crippen MR) is 163 cm³/mol. The van der Waals surface area contributed by atoms with E-state index in [2.05, 4.69) is 34.5 Å². The molecule has 2 saturated heterocycles. The van der Waals surface area contributed by atoms with E-state index in [1.165, 1.54) is 13.8 Å². The van der Waals surface area contributed by atoms with Crippen LogP contribution in [-0.4, -0.2) is 95.9 Å². The molecule has 0 aliphatic carbocycles. The second-order valence-corrected chi connectivity index (χ2v) is 11.4. The highest BCUT2D eigenvalue weighted by Gasteiger charge is 2.26. The van der Waals surface area contributed by atoms with Gasteiger partial charge in [0.2, 0.25) is 0 Å². The van der Waals surface area contributed by atoms with Crippen LogP contribution < -0.4 is 10.6 Å². The third-order valence-electron chi connectivity index (χ3n) is 7.77. The maximum Gasteiger partial charge on any atom is 0.252 e. The van der Waals surface area contributed by atoms with E-state index in [9.17, 15) is 29.4 Å². The molecule has 4 N–H and O–H groups in total. The average molecular weight is 581 g/mol. The molecule has 2 aliphatic heterocycles. The Balaban J connectivity index is 0.000000230. The summed E-state index contributed by atoms with van der Waals surface area (Å²) in [4.78, 5) is 52.4. The summed E-state index contributed by atoms with van der Waals surface area (Å²) in [7, 11) is 4.12. The van der Waals surface area contributed by atoms with Crippen LogP contribution in [0.4, 0.5) is 11.4 Å². The van der Waals surface area contributed by atoms with E-state index in [0.717, 1.165) is 51.9 Å². The Kier molecular flexibility index (Phi) is 12.4. The number of hydrogen-bond donors (Lipinski definition) is 4. The Morgan fingerprint density at radius 1 is 0.667 bits per heavy atom. The third-order valence-corrected chi connectivity index (χ3v) is 7.77. The lowest BCUT2D eigenvalue weighted by molar-refractivity contribution is -0.123. The number of nitrogens with zero attached hydrogens (tertiary/aromatic N) is 2. The predicted octanol–water partition coefficient (Wildman–Crippen LogP) is 3.06. The Morgan fingerprint density at radius 3 is 1.31 bits per heavy atom. The molecule has 0 unspecified atom stereocenters. The van der Waals surface area contributed by atoms with Gasteiger partial charge in [0, 0.05) is 34.3 Å². The maximum atomic E-state index is 12.5. The monoisotopic (exact) mass is 580 g/mol. The fourth-order valence-electron chi connectivity index (χ4n) is 5.01. The van der Waals surface area contributed by atoms with E-state index >= 15 is 0 Å². The summed E-state index contributed by atoms with van der Waals surface area (Å²) in [5.41, 5.74) is 2.32. The minimum atomic E-state index is -1.07. The van der Waals surface area contributed by atoms with Crippen LogP contribution in [0.5, 0.6) is 0 Å². The van der Waals surface area contributed by atoms with Crippen LogP contribution >= 0.6 is 0 Å². The van der Waals surface area contributed by atoms with Crippen LogP contribution in [0.15, 0.2) is 48.5 Å². The van der Waals surface area contributed by atoms with Crippen LogP contribution in [0, 0.1) is 11.8 Å². The molecule has 228 valence electrons. The van der Waals surface area contributed by atoms with Gasteiger partial charge in [0.1, 0.15) is 12.2 Å². The molecule has 0 bridgehead atoms. The number of rotatable bonds is 8. The van der Waals surface area contributed by atoms with Gasteiger partial charge in [-0.3, -0.25) is 19.2 Å². The number of aliphatic hydroxyl groups excluding tert-OH is 2. The Bertz CT molecular complexity index is 1140. The van der Waals surface area contributed by atoms with Crippen molar-refractivity contribution in [2.24, 2.45) is 11.8 Å². The first-order chi connectivity index (χ1) is 19.9. The molecule has 2 aromatic carbocycles. The maximum absolute atomic E-state index is 12.5. The SMILES string of the molecule is C[C@@H](O)C(=O)Nc1cccc(C(=O)C2CCN(C)CC2)c1.C[C@H](O)C(=O)Nc1cccc(C(=O)C2CCN(C)CC2)c1. The Hall–Kier alpha value is -3.44. The number of piperidine rings is 2. The third kappa shape index (κ3) is 9.84. The van der Waals surface area contributed by atoms with Gasteiger partial charge in [-0.05, 0) is 104 Å². The van der Waals surface area contributed by atoms with Crippen molar-refractivity contribution in [3.05, 3.63) is 59.7 Å². The number of nitrogens with one attached hydrogen (secondary N) is 2. The first-order valence-electron chi connectivity index (χ1n) is 14.6. The van der Waals surface area contributed by atoms with Crippen molar-refractivity contribution in [1.82, 2.24) is 9.80 Å². The summed E-state index contributed by atoms with van der Waals surface area (Å²) >= 11 is 0. The quantitative estimate of drug-likeness (QED) is 0.350. The smallest absolute Gasteiger partial charge is 0.252 e. The molecule has 10 heteroatoms. The van der Waals surface area contributed by atoms with Gasteiger partial charge >= 0.3 is 0 Å². The van der Waals surface area contributed by atoms with Crippen molar-refractivity contribution < 1.29 is 29.4 Å². The van der Waals surface area contributed by atoms with E-state index in [0.29, 0.717) is 22.5 Å². The topological polar surface area (TPSA) is 139 Å². The number of amides is 2. The number of likely N-dealkylation sites (tertiary alicyclic amines) is 2. The highest BCUT2D eigenvalue weighted by molar-refractivity contribution is 6.01. The van der Waals surface area contributed by atoms with Crippen molar-refractivity contribution in [2.75, 3.05) is 50.9 Å². The summed E-state index contributed by atoms with van der Waals surface area (Å²) in [6.45, 7) is 6.57. The van der Waals surface area contributed by atoms with Gasteiger partial charge in [-0.25, -0.2) is 0 Å². The zero-order valence-corrected chi connectivity index (χ0v) is 25.0. The second-order valence-electron chi connectivity index (χ2n) is 11.4. The molecule has 2 atom stereocenters. The lowest BCUT2D eigenvalue weighted by Gasteiger charge is -2.28. The number of hydrogen-bond acceptors (Lipinski definition) is 8. The van der Waals surface area contributed by atoms with Crippen molar-refractivity contribution in [3.8, 4) is 0 Å². The van der Waals surface area contributed by atoms with Gasteiger partial charge in [-0.1, -0.05) is 24.3 Å². The molecule has 2 fully saturated rings. The number of ketones is 2. The van der Waals surface area contributed by atoms with Crippen molar-refractivity contribution >= 4 is 34.8 Å². The summed E-state index contributed by atoms with van der Waals surface area (Å²) in [6, 6.07) is 13.8. The van der Waals surface area contributed by atoms with Crippen molar-refractivity contribution in [2.45, 2.75) is 51.7 Å². The van der Waals surface area contributed by atoms with Gasteiger partial charge in [0.05, 0.1) is 0 Å². The highest BCUT2D eigenvalue weighted by Crippen LogP contribution is 2.24. The number of aliphatic hydroxyl groups is 2. The van der Waals surface area contributed by atoms with E-state index < -0.39 is 24.0 Å². The zero-order chi connectivity index (χ0) is 30.8. The minimum absolute atomic E-state index is 0.0592. The van der Waals surface area contributed by atoms with Crippen LogP contribution in [-0.2, 0) is 9.59 Å². The molecule has 2 heterocycles. The molecule has 2 aromatic rings. The van der Waals surface area contributed by atoms with E-state index in [4.69, 9.17) is 0 Å². The molecule has 0 spiro atoms. The molecule has 42 heavy (non-hydrogen) atoms. The largest absolute Gasteiger partial charge is 0.384 e. The Labute approximate surface area is 248 Å². The first kappa shape index (κ1) is 33.1. The highest BCUT2D eigenvalue weighted by atomic mass is 16.3. The average Bonchev–Trinajstić information content (AvgIpc) is 2.97. The van der Waals surface area contributed by atoms with Crippen LogP contribution in [0.25, 0.3) is 0 Å². The number of Topliss-reactive ketones (excluding diaryl/α,β-unsaturated/α-hetero) is 2. The molecule has 2 amide bonds. The summed E-state index contributed by atoms with van der Waals surface area (Å²) in [5, 5.41) is 23.6.